The van der Waals surface area contributed by atoms with E-state index in [-0.39, 0.29) is 22.8 Å². The van der Waals surface area contributed by atoms with E-state index in [0.717, 1.165) is 18.4 Å². The van der Waals surface area contributed by atoms with Gasteiger partial charge in [-0.1, -0.05) is 12.1 Å². The summed E-state index contributed by atoms with van der Waals surface area (Å²) in [6, 6.07) is 5.17. The van der Waals surface area contributed by atoms with Gasteiger partial charge in [0.1, 0.15) is 5.52 Å². The molecule has 1 aliphatic rings. The Hall–Kier alpha value is -2.04. The van der Waals surface area contributed by atoms with Crippen LogP contribution in [-0.4, -0.2) is 67.0 Å². The summed E-state index contributed by atoms with van der Waals surface area (Å²) in [5, 5.41) is 11.2. The molecule has 0 spiro atoms. The largest absolute Gasteiger partial charge is 0.385 e. The van der Waals surface area contributed by atoms with Crippen LogP contribution in [0, 0.1) is 5.92 Å². The monoisotopic (exact) mass is 437 g/mol. The topological polar surface area (TPSA) is 106 Å². The molecule has 1 aliphatic heterocycles. The van der Waals surface area contributed by atoms with Crippen molar-refractivity contribution in [1.29, 1.82) is 0 Å². The van der Waals surface area contributed by atoms with Gasteiger partial charge in [0.05, 0.1) is 16.5 Å². The summed E-state index contributed by atoms with van der Waals surface area (Å²) >= 11 is 0. The van der Waals surface area contributed by atoms with Crippen LogP contribution in [0.3, 0.4) is 0 Å². The molecule has 166 valence electrons. The summed E-state index contributed by atoms with van der Waals surface area (Å²) in [6.07, 6.45) is 2.70. The van der Waals surface area contributed by atoms with E-state index in [9.17, 15) is 13.2 Å². The maximum Gasteiger partial charge on any atom is 0.243 e. The van der Waals surface area contributed by atoms with Crippen molar-refractivity contribution < 1.29 is 17.9 Å². The van der Waals surface area contributed by atoms with Gasteiger partial charge in [-0.25, -0.2) is 13.1 Å². The highest BCUT2D eigenvalue weighted by Gasteiger charge is 2.32. The molecule has 9 nitrogen and oxygen atoms in total. The first-order valence-electron chi connectivity index (χ1n) is 10.5. The van der Waals surface area contributed by atoms with Crippen LogP contribution < -0.4 is 5.32 Å². The lowest BCUT2D eigenvalue weighted by molar-refractivity contribution is -0.126. The van der Waals surface area contributed by atoms with Gasteiger partial charge in [-0.3, -0.25) is 4.79 Å². The predicted molar refractivity (Wildman–Crippen MR) is 114 cm³/mol. The molecule has 10 heteroatoms. The van der Waals surface area contributed by atoms with E-state index in [2.05, 4.69) is 29.5 Å². The number of ether oxygens (including phenoxy) is 1. The molecule has 1 atom stereocenters. The van der Waals surface area contributed by atoms with Crippen molar-refractivity contribution in [3.05, 3.63) is 18.2 Å². The molecule has 1 aromatic carbocycles. The SMILES string of the molecule is CC[C@H](C)n1nnc2cc(S(=O)(=O)N3CCC(C(=O)NCCCOC)CC3)ccc21. The number of methoxy groups -OCH3 is 1. The second-order valence-corrected chi connectivity index (χ2v) is 9.70. The number of hydrogen-bond acceptors (Lipinski definition) is 6. The number of rotatable bonds is 9. The second-order valence-electron chi connectivity index (χ2n) is 7.76. The summed E-state index contributed by atoms with van der Waals surface area (Å²) in [4.78, 5) is 12.5. The average molecular weight is 438 g/mol. The molecule has 3 rings (SSSR count). The van der Waals surface area contributed by atoms with Gasteiger partial charge in [0.25, 0.3) is 0 Å². The molecular formula is C20H31N5O4S. The van der Waals surface area contributed by atoms with Crippen LogP contribution in [0.5, 0.6) is 0 Å². The Morgan fingerprint density at radius 3 is 2.73 bits per heavy atom. The zero-order chi connectivity index (χ0) is 21.7. The molecule has 0 unspecified atom stereocenters. The van der Waals surface area contributed by atoms with Gasteiger partial charge < -0.3 is 10.1 Å². The number of aromatic nitrogens is 3. The minimum atomic E-state index is -3.64. The van der Waals surface area contributed by atoms with Crippen molar-refractivity contribution in [2.45, 2.75) is 50.5 Å². The maximum absolute atomic E-state index is 13.1. The normalized spacial score (nSPS) is 17.3. The third kappa shape index (κ3) is 4.81. The zero-order valence-electron chi connectivity index (χ0n) is 17.9. The van der Waals surface area contributed by atoms with Gasteiger partial charge in [0, 0.05) is 39.3 Å². The summed E-state index contributed by atoms with van der Waals surface area (Å²) in [6.45, 7) is 5.96. The van der Waals surface area contributed by atoms with Crippen molar-refractivity contribution in [3.63, 3.8) is 0 Å². The molecule has 1 N–H and O–H groups in total. The molecule has 1 aromatic heterocycles. The van der Waals surface area contributed by atoms with Crippen LogP contribution in [0.1, 0.15) is 45.6 Å². The highest BCUT2D eigenvalue weighted by molar-refractivity contribution is 7.89. The van der Waals surface area contributed by atoms with Gasteiger partial charge in [0.2, 0.25) is 15.9 Å². The van der Waals surface area contributed by atoms with Crippen molar-refractivity contribution in [1.82, 2.24) is 24.6 Å². The van der Waals surface area contributed by atoms with E-state index in [0.29, 0.717) is 44.6 Å². The molecule has 0 saturated carbocycles. The number of carbonyl (C=O) groups excluding carboxylic acids is 1. The lowest BCUT2D eigenvalue weighted by Gasteiger charge is -2.30. The second kappa shape index (κ2) is 9.84. The number of fused-ring (bicyclic) bond motifs is 1. The Balaban J connectivity index is 1.65. The molecular weight excluding hydrogens is 406 g/mol. The summed E-state index contributed by atoms with van der Waals surface area (Å²) in [7, 11) is -2.01. The highest BCUT2D eigenvalue weighted by atomic mass is 32.2. The van der Waals surface area contributed by atoms with Crippen LogP contribution in [0.15, 0.2) is 23.1 Å². The zero-order valence-corrected chi connectivity index (χ0v) is 18.7. The van der Waals surface area contributed by atoms with Crippen molar-refractivity contribution >= 4 is 27.0 Å². The first-order chi connectivity index (χ1) is 14.4. The Kier molecular flexibility index (Phi) is 7.43. The standard InChI is InChI=1S/C20H31N5O4S/c1-4-15(2)25-19-7-6-17(14-18(19)22-23-25)30(27,28)24-11-8-16(9-12-24)20(26)21-10-5-13-29-3/h6-7,14-16H,4-5,8-13H2,1-3H3,(H,21,26)/t15-/m0/s1. The molecule has 1 fully saturated rings. The molecule has 1 saturated heterocycles. The van der Waals surface area contributed by atoms with Crippen molar-refractivity contribution in [3.8, 4) is 0 Å². The first kappa shape index (κ1) is 22.6. The van der Waals surface area contributed by atoms with Crippen LogP contribution in [0.2, 0.25) is 0 Å². The minimum absolute atomic E-state index is 0.00812. The van der Waals surface area contributed by atoms with E-state index in [1.54, 1.807) is 25.3 Å². The van der Waals surface area contributed by atoms with E-state index in [1.807, 2.05) is 4.68 Å². The quantitative estimate of drug-likeness (QED) is 0.601. The Morgan fingerprint density at radius 1 is 1.33 bits per heavy atom. The van der Waals surface area contributed by atoms with Gasteiger partial charge in [-0.05, 0) is 50.8 Å². The molecule has 0 aliphatic carbocycles. The predicted octanol–water partition coefficient (Wildman–Crippen LogP) is 1.96. The van der Waals surface area contributed by atoms with E-state index in [1.165, 1.54) is 4.31 Å². The number of hydrogen-bond donors (Lipinski definition) is 1. The maximum atomic E-state index is 13.1. The van der Waals surface area contributed by atoms with E-state index < -0.39 is 10.0 Å². The Bertz CT molecular complexity index is 967. The molecule has 30 heavy (non-hydrogen) atoms. The third-order valence-electron chi connectivity index (χ3n) is 5.74. The lowest BCUT2D eigenvalue weighted by atomic mass is 9.97. The van der Waals surface area contributed by atoms with Crippen molar-refractivity contribution in [2.75, 3.05) is 33.4 Å². The molecule has 1 amide bonds. The highest BCUT2D eigenvalue weighted by Crippen LogP contribution is 2.26. The van der Waals surface area contributed by atoms with Gasteiger partial charge >= 0.3 is 0 Å². The Labute approximate surface area is 177 Å². The number of amides is 1. The van der Waals surface area contributed by atoms with Crippen LogP contribution in [0.4, 0.5) is 0 Å². The number of sulfonamides is 1. The van der Waals surface area contributed by atoms with E-state index >= 15 is 0 Å². The fourth-order valence-corrected chi connectivity index (χ4v) is 5.15. The Morgan fingerprint density at radius 2 is 2.07 bits per heavy atom. The molecule has 0 radical (unpaired) electrons. The van der Waals surface area contributed by atoms with Crippen LogP contribution in [0.25, 0.3) is 11.0 Å². The smallest absolute Gasteiger partial charge is 0.243 e. The van der Waals surface area contributed by atoms with Crippen LogP contribution in [-0.2, 0) is 19.6 Å². The molecule has 0 bridgehead atoms. The minimum Gasteiger partial charge on any atom is -0.385 e. The van der Waals surface area contributed by atoms with Gasteiger partial charge in [-0.15, -0.1) is 5.10 Å². The number of nitrogens with zero attached hydrogens (tertiary/aromatic N) is 4. The van der Waals surface area contributed by atoms with Crippen LogP contribution >= 0.6 is 0 Å². The molecule has 2 heterocycles. The lowest BCUT2D eigenvalue weighted by Crippen LogP contribution is -2.43. The summed E-state index contributed by atoms with van der Waals surface area (Å²) in [5.74, 6) is -0.164. The third-order valence-corrected chi connectivity index (χ3v) is 7.63. The molecule has 2 aromatic rings. The number of benzene rings is 1. The van der Waals surface area contributed by atoms with E-state index in [4.69, 9.17) is 4.74 Å². The van der Waals surface area contributed by atoms with Crippen molar-refractivity contribution in [2.24, 2.45) is 5.92 Å². The number of nitrogens with one attached hydrogen (secondary N) is 1. The fraction of sp³-hybridized carbons (Fsp3) is 0.650. The van der Waals surface area contributed by atoms with Gasteiger partial charge in [-0.2, -0.15) is 4.31 Å². The van der Waals surface area contributed by atoms with Gasteiger partial charge in [0.15, 0.2) is 0 Å². The number of piperidine rings is 1. The fourth-order valence-electron chi connectivity index (χ4n) is 3.66. The summed E-state index contributed by atoms with van der Waals surface area (Å²) in [5.41, 5.74) is 1.40. The number of carbonyl (C=O) groups is 1. The average Bonchev–Trinajstić information content (AvgIpc) is 3.19. The first-order valence-corrected chi connectivity index (χ1v) is 11.9. The summed E-state index contributed by atoms with van der Waals surface area (Å²) < 4.78 is 34.5.